The molecule has 1 aromatic heterocycles. The summed E-state index contributed by atoms with van der Waals surface area (Å²) in [7, 11) is 0. The summed E-state index contributed by atoms with van der Waals surface area (Å²) in [6, 6.07) is 6.08. The third kappa shape index (κ3) is 2.76. The number of nitrogens with two attached hydrogens (primary N) is 1. The van der Waals surface area contributed by atoms with Gasteiger partial charge in [0.2, 0.25) is 0 Å². The molecule has 0 aliphatic heterocycles. The fourth-order valence-electron chi connectivity index (χ4n) is 2.14. The molecular weight excluding hydrogens is 240 g/mol. The summed E-state index contributed by atoms with van der Waals surface area (Å²) in [6.45, 7) is 6.03. The Morgan fingerprint density at radius 1 is 1.42 bits per heavy atom. The molecular formula is C14H18N4O. The van der Waals surface area contributed by atoms with Gasteiger partial charge < -0.3 is 11.1 Å². The van der Waals surface area contributed by atoms with Crippen molar-refractivity contribution >= 4 is 11.6 Å². The molecule has 1 atom stereocenters. The lowest BCUT2D eigenvalue weighted by Crippen LogP contribution is -2.28. The predicted octanol–water partition coefficient (Wildman–Crippen LogP) is 2.10. The van der Waals surface area contributed by atoms with Crippen molar-refractivity contribution in [3.63, 3.8) is 0 Å². The van der Waals surface area contributed by atoms with Crippen molar-refractivity contribution in [2.24, 2.45) is 0 Å². The van der Waals surface area contributed by atoms with Gasteiger partial charge in [-0.2, -0.15) is 5.10 Å². The predicted molar refractivity (Wildman–Crippen MR) is 74.8 cm³/mol. The van der Waals surface area contributed by atoms with Crippen LogP contribution in [0.15, 0.2) is 24.4 Å². The maximum atomic E-state index is 12.0. The van der Waals surface area contributed by atoms with Crippen LogP contribution in [-0.2, 0) is 0 Å². The number of nitrogen functional groups attached to an aromatic ring is 1. The number of aromatic amines is 1. The fourth-order valence-corrected chi connectivity index (χ4v) is 2.14. The second-order valence-corrected chi connectivity index (χ2v) is 4.76. The quantitative estimate of drug-likeness (QED) is 0.788. The Hall–Kier alpha value is -2.30. The Kier molecular flexibility index (Phi) is 3.55. The van der Waals surface area contributed by atoms with Crippen LogP contribution >= 0.6 is 0 Å². The first-order valence-corrected chi connectivity index (χ1v) is 6.16. The number of benzene rings is 1. The molecule has 100 valence electrons. The van der Waals surface area contributed by atoms with E-state index in [-0.39, 0.29) is 11.9 Å². The molecule has 19 heavy (non-hydrogen) atoms. The van der Waals surface area contributed by atoms with E-state index in [0.29, 0.717) is 11.4 Å². The molecule has 1 unspecified atom stereocenters. The lowest BCUT2D eigenvalue weighted by atomic mass is 10.0. The Morgan fingerprint density at radius 3 is 2.74 bits per heavy atom. The first-order valence-electron chi connectivity index (χ1n) is 6.16. The summed E-state index contributed by atoms with van der Waals surface area (Å²) in [6.07, 6.45) is 1.43. The summed E-state index contributed by atoms with van der Waals surface area (Å²) in [4.78, 5) is 12.0. The lowest BCUT2D eigenvalue weighted by molar-refractivity contribution is 0.0935. The standard InChI is InChI=1S/C14H18N4O/c1-8-4-5-11(9(2)6-8)10(3)17-14(19)13-12(15)7-16-18-13/h4-7,10H,15H2,1-3H3,(H,16,18)(H,17,19). The lowest BCUT2D eigenvalue weighted by Gasteiger charge is -2.16. The van der Waals surface area contributed by atoms with Crippen LogP contribution < -0.4 is 11.1 Å². The highest BCUT2D eigenvalue weighted by Gasteiger charge is 2.16. The minimum atomic E-state index is -0.248. The molecule has 0 aliphatic carbocycles. The number of carbonyl (C=O) groups is 1. The number of anilines is 1. The van der Waals surface area contributed by atoms with Crippen molar-refractivity contribution in [3.05, 3.63) is 46.8 Å². The molecule has 1 heterocycles. The van der Waals surface area contributed by atoms with Gasteiger partial charge in [0.05, 0.1) is 17.9 Å². The van der Waals surface area contributed by atoms with Crippen molar-refractivity contribution in [1.29, 1.82) is 0 Å². The van der Waals surface area contributed by atoms with Crippen LogP contribution in [0.5, 0.6) is 0 Å². The molecule has 1 amide bonds. The van der Waals surface area contributed by atoms with Crippen LogP contribution in [0.4, 0.5) is 5.69 Å². The van der Waals surface area contributed by atoms with Gasteiger partial charge in [0.15, 0.2) is 0 Å². The van der Waals surface area contributed by atoms with Crippen molar-refractivity contribution < 1.29 is 4.79 Å². The largest absolute Gasteiger partial charge is 0.396 e. The minimum Gasteiger partial charge on any atom is -0.396 e. The zero-order valence-electron chi connectivity index (χ0n) is 11.3. The van der Waals surface area contributed by atoms with Gasteiger partial charge >= 0.3 is 0 Å². The Bertz CT molecular complexity index is 603. The van der Waals surface area contributed by atoms with Crippen LogP contribution in [0.1, 0.15) is 40.1 Å². The van der Waals surface area contributed by atoms with Crippen LogP contribution in [0.2, 0.25) is 0 Å². The maximum Gasteiger partial charge on any atom is 0.271 e. The Morgan fingerprint density at radius 2 is 2.16 bits per heavy atom. The molecule has 2 rings (SSSR count). The number of carbonyl (C=O) groups excluding carboxylic acids is 1. The first kappa shape index (κ1) is 13.1. The number of nitrogens with zero attached hydrogens (tertiary/aromatic N) is 1. The third-order valence-electron chi connectivity index (χ3n) is 3.14. The molecule has 0 spiro atoms. The van der Waals surface area contributed by atoms with Crippen molar-refractivity contribution in [2.45, 2.75) is 26.8 Å². The molecule has 4 N–H and O–H groups in total. The number of rotatable bonds is 3. The van der Waals surface area contributed by atoms with E-state index >= 15 is 0 Å². The van der Waals surface area contributed by atoms with Gasteiger partial charge in [0, 0.05) is 0 Å². The van der Waals surface area contributed by atoms with Gasteiger partial charge in [-0.3, -0.25) is 9.89 Å². The van der Waals surface area contributed by atoms with Gasteiger partial charge in [-0.15, -0.1) is 0 Å². The van der Waals surface area contributed by atoms with E-state index in [1.807, 2.05) is 32.9 Å². The zero-order chi connectivity index (χ0) is 14.0. The normalized spacial score (nSPS) is 12.2. The molecule has 5 heteroatoms. The number of amides is 1. The zero-order valence-corrected chi connectivity index (χ0v) is 11.3. The molecule has 0 bridgehead atoms. The Labute approximate surface area is 112 Å². The van der Waals surface area contributed by atoms with E-state index in [9.17, 15) is 4.79 Å². The molecule has 2 aromatic rings. The molecule has 5 nitrogen and oxygen atoms in total. The highest BCUT2D eigenvalue weighted by Crippen LogP contribution is 2.19. The summed E-state index contributed by atoms with van der Waals surface area (Å²) in [5, 5.41) is 9.25. The molecule has 0 aliphatic rings. The molecule has 0 fully saturated rings. The van der Waals surface area contributed by atoms with Crippen LogP contribution in [0, 0.1) is 13.8 Å². The summed E-state index contributed by atoms with van der Waals surface area (Å²) in [5.74, 6) is -0.248. The van der Waals surface area contributed by atoms with E-state index < -0.39 is 0 Å². The number of hydrogen-bond acceptors (Lipinski definition) is 3. The molecule has 0 saturated carbocycles. The van der Waals surface area contributed by atoms with Crippen molar-refractivity contribution in [1.82, 2.24) is 15.5 Å². The van der Waals surface area contributed by atoms with Crippen molar-refractivity contribution in [3.8, 4) is 0 Å². The van der Waals surface area contributed by atoms with E-state index in [1.54, 1.807) is 0 Å². The smallest absolute Gasteiger partial charge is 0.271 e. The maximum absolute atomic E-state index is 12.0. The fraction of sp³-hybridized carbons (Fsp3) is 0.286. The van der Waals surface area contributed by atoms with Gasteiger partial charge in [-0.1, -0.05) is 23.8 Å². The third-order valence-corrected chi connectivity index (χ3v) is 3.14. The second-order valence-electron chi connectivity index (χ2n) is 4.76. The summed E-state index contributed by atoms with van der Waals surface area (Å²) >= 11 is 0. The van der Waals surface area contributed by atoms with E-state index in [2.05, 4.69) is 21.6 Å². The highest BCUT2D eigenvalue weighted by atomic mass is 16.2. The number of aryl methyl sites for hydroxylation is 2. The van der Waals surface area contributed by atoms with Crippen LogP contribution in [0.3, 0.4) is 0 Å². The Balaban J connectivity index is 2.15. The topological polar surface area (TPSA) is 83.8 Å². The van der Waals surface area contributed by atoms with Crippen LogP contribution in [0.25, 0.3) is 0 Å². The van der Waals surface area contributed by atoms with Crippen molar-refractivity contribution in [2.75, 3.05) is 5.73 Å². The van der Waals surface area contributed by atoms with Gasteiger partial charge in [0.1, 0.15) is 5.69 Å². The van der Waals surface area contributed by atoms with Gasteiger partial charge in [-0.05, 0) is 31.9 Å². The number of aromatic nitrogens is 2. The van der Waals surface area contributed by atoms with E-state index in [4.69, 9.17) is 5.73 Å². The highest BCUT2D eigenvalue weighted by molar-refractivity contribution is 5.97. The number of hydrogen-bond donors (Lipinski definition) is 3. The second kappa shape index (κ2) is 5.14. The summed E-state index contributed by atoms with van der Waals surface area (Å²) < 4.78 is 0. The summed E-state index contributed by atoms with van der Waals surface area (Å²) in [5.41, 5.74) is 9.76. The van der Waals surface area contributed by atoms with Gasteiger partial charge in [-0.25, -0.2) is 0 Å². The molecule has 1 aromatic carbocycles. The number of H-pyrrole nitrogens is 1. The first-order chi connectivity index (χ1) is 8.99. The van der Waals surface area contributed by atoms with Crippen LogP contribution in [-0.4, -0.2) is 16.1 Å². The minimum absolute atomic E-state index is 0.0872. The number of nitrogens with one attached hydrogen (secondary N) is 2. The molecule has 0 saturated heterocycles. The van der Waals surface area contributed by atoms with Gasteiger partial charge in [0.25, 0.3) is 5.91 Å². The van der Waals surface area contributed by atoms with E-state index in [0.717, 1.165) is 11.1 Å². The average Bonchev–Trinajstić information content (AvgIpc) is 2.75. The SMILES string of the molecule is Cc1ccc(C(C)NC(=O)c2[nH]ncc2N)c(C)c1. The van der Waals surface area contributed by atoms with E-state index in [1.165, 1.54) is 11.8 Å². The monoisotopic (exact) mass is 258 g/mol. The molecule has 0 radical (unpaired) electrons. The average molecular weight is 258 g/mol.